The Morgan fingerprint density at radius 2 is 2.00 bits per heavy atom. The van der Waals surface area contributed by atoms with Gasteiger partial charge in [0.05, 0.1) is 11.0 Å². The highest BCUT2D eigenvalue weighted by Crippen LogP contribution is 2.21. The number of carbonyl (C=O) groups is 2. The number of halogens is 1. The molecular formula is C13H16BrNO3. The lowest BCUT2D eigenvalue weighted by atomic mass is 9.94. The summed E-state index contributed by atoms with van der Waals surface area (Å²) >= 11 is 3.35. The largest absolute Gasteiger partial charge is 0.481 e. The van der Waals surface area contributed by atoms with Crippen LogP contribution in [-0.4, -0.2) is 23.5 Å². The van der Waals surface area contributed by atoms with Gasteiger partial charge >= 0.3 is 5.97 Å². The number of aliphatic carboxylic acids is 1. The molecule has 5 heteroatoms. The van der Waals surface area contributed by atoms with Crippen molar-refractivity contribution in [3.05, 3.63) is 33.8 Å². The van der Waals surface area contributed by atoms with Gasteiger partial charge in [0.25, 0.3) is 5.91 Å². The summed E-state index contributed by atoms with van der Waals surface area (Å²) in [7, 11) is 0. The van der Waals surface area contributed by atoms with Gasteiger partial charge in [0.15, 0.2) is 0 Å². The molecule has 0 heterocycles. The normalized spacial score (nSPS) is 11.1. The number of aryl methyl sites for hydroxylation is 1. The molecule has 0 fully saturated rings. The quantitative estimate of drug-likeness (QED) is 0.898. The average molecular weight is 314 g/mol. The second-order valence-corrected chi connectivity index (χ2v) is 5.60. The number of amides is 1. The van der Waals surface area contributed by atoms with Crippen molar-refractivity contribution in [3.8, 4) is 0 Å². The SMILES string of the molecule is Cc1cccc(C(=O)NCC(C)(C)C(=O)O)c1Br. The smallest absolute Gasteiger partial charge is 0.310 e. The predicted octanol–water partition coefficient (Wildman–Crippen LogP) is 2.60. The van der Waals surface area contributed by atoms with E-state index in [0.717, 1.165) is 10.0 Å². The summed E-state index contributed by atoms with van der Waals surface area (Å²) in [5.74, 6) is -1.22. The first-order valence-electron chi connectivity index (χ1n) is 5.52. The van der Waals surface area contributed by atoms with Gasteiger partial charge in [-0.05, 0) is 48.3 Å². The van der Waals surface area contributed by atoms with E-state index in [0.29, 0.717) is 5.56 Å². The highest BCUT2D eigenvalue weighted by molar-refractivity contribution is 9.10. The number of hydrogen-bond acceptors (Lipinski definition) is 2. The van der Waals surface area contributed by atoms with Gasteiger partial charge in [-0.1, -0.05) is 12.1 Å². The van der Waals surface area contributed by atoms with Crippen molar-refractivity contribution in [2.75, 3.05) is 6.54 Å². The lowest BCUT2D eigenvalue weighted by Gasteiger charge is -2.19. The van der Waals surface area contributed by atoms with Gasteiger partial charge in [-0.2, -0.15) is 0 Å². The summed E-state index contributed by atoms with van der Waals surface area (Å²) in [4.78, 5) is 22.9. The van der Waals surface area contributed by atoms with E-state index in [2.05, 4.69) is 21.2 Å². The van der Waals surface area contributed by atoms with E-state index in [1.165, 1.54) is 0 Å². The topological polar surface area (TPSA) is 66.4 Å². The van der Waals surface area contributed by atoms with E-state index in [1.807, 2.05) is 13.0 Å². The van der Waals surface area contributed by atoms with Crippen LogP contribution in [0.25, 0.3) is 0 Å². The third-order valence-electron chi connectivity index (χ3n) is 2.71. The van der Waals surface area contributed by atoms with Crippen molar-refractivity contribution in [2.24, 2.45) is 5.41 Å². The van der Waals surface area contributed by atoms with E-state index in [9.17, 15) is 9.59 Å². The Labute approximate surface area is 115 Å². The molecule has 0 aromatic heterocycles. The molecule has 2 N–H and O–H groups in total. The van der Waals surface area contributed by atoms with Crippen LogP contribution in [0, 0.1) is 12.3 Å². The Kier molecular flexibility index (Phi) is 4.51. The maximum Gasteiger partial charge on any atom is 0.310 e. The molecule has 1 rings (SSSR count). The number of hydrogen-bond donors (Lipinski definition) is 2. The summed E-state index contributed by atoms with van der Waals surface area (Å²) in [6.45, 7) is 5.12. The zero-order chi connectivity index (χ0) is 13.9. The first kappa shape index (κ1) is 14.7. The van der Waals surface area contributed by atoms with Crippen molar-refractivity contribution in [1.29, 1.82) is 0 Å². The molecule has 0 radical (unpaired) electrons. The molecule has 1 amide bonds. The maximum absolute atomic E-state index is 12.0. The summed E-state index contributed by atoms with van der Waals surface area (Å²) in [5.41, 5.74) is 0.489. The molecule has 0 aliphatic rings. The second kappa shape index (κ2) is 5.52. The Hall–Kier alpha value is -1.36. The van der Waals surface area contributed by atoms with Gasteiger partial charge in [-0.3, -0.25) is 9.59 Å². The molecule has 0 aliphatic carbocycles. The zero-order valence-corrected chi connectivity index (χ0v) is 12.2. The van der Waals surface area contributed by atoms with Crippen molar-refractivity contribution in [2.45, 2.75) is 20.8 Å². The van der Waals surface area contributed by atoms with Crippen LogP contribution < -0.4 is 5.32 Å². The van der Waals surface area contributed by atoms with Gasteiger partial charge < -0.3 is 10.4 Å². The Morgan fingerprint density at radius 1 is 1.39 bits per heavy atom. The summed E-state index contributed by atoms with van der Waals surface area (Å²) < 4.78 is 0.732. The standard InChI is InChI=1S/C13H16BrNO3/c1-8-5-4-6-9(10(8)14)11(16)15-7-13(2,3)12(17)18/h4-6H,7H2,1-3H3,(H,15,16)(H,17,18). The lowest BCUT2D eigenvalue weighted by Crippen LogP contribution is -2.39. The van der Waals surface area contributed by atoms with E-state index >= 15 is 0 Å². The molecule has 0 aliphatic heterocycles. The first-order chi connectivity index (χ1) is 8.25. The molecule has 0 saturated carbocycles. The number of nitrogens with one attached hydrogen (secondary N) is 1. The molecule has 18 heavy (non-hydrogen) atoms. The predicted molar refractivity (Wildman–Crippen MR) is 72.6 cm³/mol. The van der Waals surface area contributed by atoms with E-state index in [-0.39, 0.29) is 12.5 Å². The van der Waals surface area contributed by atoms with Gasteiger partial charge in [-0.25, -0.2) is 0 Å². The van der Waals surface area contributed by atoms with Crippen LogP contribution in [0.3, 0.4) is 0 Å². The fourth-order valence-electron chi connectivity index (χ4n) is 1.29. The van der Waals surface area contributed by atoms with Crippen molar-refractivity contribution in [1.82, 2.24) is 5.32 Å². The van der Waals surface area contributed by atoms with E-state index in [4.69, 9.17) is 5.11 Å². The maximum atomic E-state index is 12.0. The van der Waals surface area contributed by atoms with Crippen molar-refractivity contribution in [3.63, 3.8) is 0 Å². The highest BCUT2D eigenvalue weighted by Gasteiger charge is 2.27. The van der Waals surface area contributed by atoms with Crippen molar-refractivity contribution >= 4 is 27.8 Å². The number of rotatable bonds is 4. The summed E-state index contributed by atoms with van der Waals surface area (Å²) in [5, 5.41) is 11.6. The molecule has 0 bridgehead atoms. The van der Waals surface area contributed by atoms with Crippen LogP contribution in [0.5, 0.6) is 0 Å². The van der Waals surface area contributed by atoms with Crippen LogP contribution in [0.2, 0.25) is 0 Å². The molecular weight excluding hydrogens is 298 g/mol. The fraction of sp³-hybridized carbons (Fsp3) is 0.385. The summed E-state index contributed by atoms with van der Waals surface area (Å²) in [6.07, 6.45) is 0. The molecule has 4 nitrogen and oxygen atoms in total. The van der Waals surface area contributed by atoms with E-state index < -0.39 is 11.4 Å². The Balaban J connectivity index is 2.78. The average Bonchev–Trinajstić information content (AvgIpc) is 2.29. The first-order valence-corrected chi connectivity index (χ1v) is 6.31. The van der Waals surface area contributed by atoms with Crippen molar-refractivity contribution < 1.29 is 14.7 Å². The van der Waals surface area contributed by atoms with E-state index in [1.54, 1.807) is 26.0 Å². The number of benzene rings is 1. The molecule has 98 valence electrons. The van der Waals surface area contributed by atoms with Gasteiger partial charge in [0.1, 0.15) is 0 Å². The minimum Gasteiger partial charge on any atom is -0.481 e. The monoisotopic (exact) mass is 313 g/mol. The van der Waals surface area contributed by atoms with Gasteiger partial charge in [0.2, 0.25) is 0 Å². The molecule has 0 saturated heterocycles. The van der Waals surface area contributed by atoms with Gasteiger partial charge in [0, 0.05) is 11.0 Å². The van der Waals surface area contributed by atoms with Crippen LogP contribution in [-0.2, 0) is 4.79 Å². The van der Waals surface area contributed by atoms with Crippen LogP contribution in [0.1, 0.15) is 29.8 Å². The molecule has 0 unspecified atom stereocenters. The Bertz CT molecular complexity index is 483. The summed E-state index contributed by atoms with van der Waals surface area (Å²) in [6, 6.07) is 5.37. The fourth-order valence-corrected chi connectivity index (χ4v) is 1.74. The number of carboxylic acid groups (broad SMARTS) is 1. The van der Waals surface area contributed by atoms with Crippen LogP contribution in [0.15, 0.2) is 22.7 Å². The molecule has 1 aromatic rings. The minimum atomic E-state index is -0.980. The molecule has 0 atom stereocenters. The lowest BCUT2D eigenvalue weighted by molar-refractivity contribution is -0.146. The van der Waals surface area contributed by atoms with Crippen LogP contribution in [0.4, 0.5) is 0 Å². The van der Waals surface area contributed by atoms with Crippen LogP contribution >= 0.6 is 15.9 Å². The third kappa shape index (κ3) is 3.32. The number of carbonyl (C=O) groups excluding carboxylic acids is 1. The zero-order valence-electron chi connectivity index (χ0n) is 10.6. The minimum absolute atomic E-state index is 0.0849. The number of carboxylic acids is 1. The Morgan fingerprint density at radius 3 is 2.56 bits per heavy atom. The third-order valence-corrected chi connectivity index (χ3v) is 3.76. The highest BCUT2D eigenvalue weighted by atomic mass is 79.9. The molecule has 0 spiro atoms. The second-order valence-electron chi connectivity index (χ2n) is 4.81. The van der Waals surface area contributed by atoms with Gasteiger partial charge in [-0.15, -0.1) is 0 Å². The molecule has 1 aromatic carbocycles.